The lowest BCUT2D eigenvalue weighted by Gasteiger charge is -1.88. The van der Waals surface area contributed by atoms with Crippen LogP contribution in [0.15, 0.2) is 0 Å². The van der Waals surface area contributed by atoms with Crippen LogP contribution < -0.4 is 0 Å². The number of rotatable bonds is 3. The van der Waals surface area contributed by atoms with Crippen molar-refractivity contribution >= 4 is 5.97 Å². The molecule has 0 aliphatic rings. The second-order valence-corrected chi connectivity index (χ2v) is 2.43. The molecule has 0 unspecified atom stereocenters. The number of unbranched alkanes of at least 4 members (excludes halogenated alkanes) is 3. The van der Waals surface area contributed by atoms with Crippen LogP contribution in [-0.4, -0.2) is 13.1 Å². The van der Waals surface area contributed by atoms with E-state index in [9.17, 15) is 4.79 Å². The fourth-order valence-electron chi connectivity index (χ4n) is 0.737. The molecule has 0 N–H and O–H groups in total. The first-order valence-corrected chi connectivity index (χ1v) is 4.27. The third-order valence-electron chi connectivity index (χ3n) is 1.41. The molecular weight excluding hydrogens is 164 g/mol. The van der Waals surface area contributed by atoms with Gasteiger partial charge in [-0.25, -0.2) is 4.79 Å². The normalized spacial score (nSPS) is 7.54. The lowest BCUT2D eigenvalue weighted by Crippen LogP contribution is -1.94. The number of hydrogen-bond acceptors (Lipinski definition) is 2. The average molecular weight is 178 g/mol. The predicted octanol–water partition coefficient (Wildman–Crippen LogP) is 1.75. The summed E-state index contributed by atoms with van der Waals surface area (Å²) in [5, 5.41) is 0. The Hall–Kier alpha value is -1.41. The van der Waals surface area contributed by atoms with Crippen LogP contribution in [0.1, 0.15) is 32.6 Å². The molecule has 0 heterocycles. The maximum atomic E-state index is 10.5. The van der Waals surface area contributed by atoms with Gasteiger partial charge in [-0.1, -0.05) is 5.92 Å². The number of esters is 1. The van der Waals surface area contributed by atoms with Crippen molar-refractivity contribution in [2.45, 2.75) is 32.6 Å². The molecule has 13 heavy (non-hydrogen) atoms. The summed E-state index contributed by atoms with van der Waals surface area (Å²) in [6.07, 6.45) is 3.67. The lowest BCUT2D eigenvalue weighted by atomic mass is 10.2. The average Bonchev–Trinajstić information content (AvgIpc) is 2.16. The van der Waals surface area contributed by atoms with Gasteiger partial charge >= 0.3 is 5.97 Å². The van der Waals surface area contributed by atoms with Crippen molar-refractivity contribution in [3.05, 3.63) is 0 Å². The molecule has 2 heteroatoms. The van der Waals surface area contributed by atoms with E-state index in [4.69, 9.17) is 0 Å². The molecule has 0 amide bonds. The van der Waals surface area contributed by atoms with Crippen LogP contribution >= 0.6 is 0 Å². The second-order valence-electron chi connectivity index (χ2n) is 2.43. The molecule has 0 aliphatic carbocycles. The third kappa shape index (κ3) is 8.50. The van der Waals surface area contributed by atoms with Crippen LogP contribution in [0.4, 0.5) is 0 Å². The standard InChI is InChI=1S/C11H14O2/c1-3-4-5-6-7-8-9-10-11(12)13-2/h5-8H2,1-2H3. The zero-order valence-electron chi connectivity index (χ0n) is 8.14. The molecule has 0 bridgehead atoms. The number of hydrogen-bond donors (Lipinski definition) is 0. The van der Waals surface area contributed by atoms with E-state index in [1.807, 2.05) is 6.92 Å². The Morgan fingerprint density at radius 3 is 2.38 bits per heavy atom. The molecule has 0 aliphatic heterocycles. The van der Waals surface area contributed by atoms with E-state index in [1.54, 1.807) is 0 Å². The Morgan fingerprint density at radius 2 is 1.85 bits per heavy atom. The summed E-state index contributed by atoms with van der Waals surface area (Å²) in [6.45, 7) is 1.83. The van der Waals surface area contributed by atoms with Gasteiger partial charge in [-0.3, -0.25) is 0 Å². The van der Waals surface area contributed by atoms with Gasteiger partial charge in [0.05, 0.1) is 7.11 Å². The van der Waals surface area contributed by atoms with Crippen molar-refractivity contribution < 1.29 is 9.53 Å². The van der Waals surface area contributed by atoms with E-state index in [0.717, 1.165) is 25.7 Å². The zero-order chi connectivity index (χ0) is 9.94. The summed E-state index contributed by atoms with van der Waals surface area (Å²) in [6, 6.07) is 0. The molecule has 0 aromatic rings. The molecule has 0 rings (SSSR count). The molecule has 0 aromatic carbocycles. The van der Waals surface area contributed by atoms with Crippen molar-refractivity contribution in [2.24, 2.45) is 0 Å². The highest BCUT2D eigenvalue weighted by atomic mass is 16.5. The largest absolute Gasteiger partial charge is 0.459 e. The molecule has 0 saturated carbocycles. The van der Waals surface area contributed by atoms with E-state index >= 15 is 0 Å². The highest BCUT2D eigenvalue weighted by Crippen LogP contribution is 1.96. The first kappa shape index (κ1) is 11.6. The van der Waals surface area contributed by atoms with Gasteiger partial charge in [-0.05, 0) is 19.8 Å². The molecule has 70 valence electrons. The lowest BCUT2D eigenvalue weighted by molar-refractivity contribution is -0.133. The number of carbonyl (C=O) groups excluding carboxylic acids is 1. The SMILES string of the molecule is CC#CCCCCC#CC(=O)OC. The molecule has 0 saturated heterocycles. The molecule has 0 fully saturated rings. The summed E-state index contributed by atoms with van der Waals surface area (Å²) < 4.78 is 4.36. The quantitative estimate of drug-likeness (QED) is 0.285. The monoisotopic (exact) mass is 178 g/mol. The number of methoxy groups -OCH3 is 1. The molecule has 0 atom stereocenters. The Balaban J connectivity index is 3.36. The minimum absolute atomic E-state index is 0.464. The van der Waals surface area contributed by atoms with Gasteiger partial charge in [0.1, 0.15) is 0 Å². The maximum absolute atomic E-state index is 10.5. The van der Waals surface area contributed by atoms with Gasteiger partial charge in [0.2, 0.25) is 0 Å². The van der Waals surface area contributed by atoms with E-state index < -0.39 is 5.97 Å². The van der Waals surface area contributed by atoms with Crippen molar-refractivity contribution in [1.29, 1.82) is 0 Å². The van der Waals surface area contributed by atoms with Crippen LogP contribution in [0.5, 0.6) is 0 Å². The van der Waals surface area contributed by atoms with Crippen LogP contribution in [0.25, 0.3) is 0 Å². The van der Waals surface area contributed by atoms with Gasteiger partial charge in [0.15, 0.2) is 0 Å². The van der Waals surface area contributed by atoms with Crippen LogP contribution in [-0.2, 0) is 9.53 Å². The van der Waals surface area contributed by atoms with Gasteiger partial charge in [0, 0.05) is 18.8 Å². The smallest absolute Gasteiger partial charge is 0.384 e. The molecule has 2 nitrogen and oxygen atoms in total. The van der Waals surface area contributed by atoms with Crippen LogP contribution in [0.2, 0.25) is 0 Å². The van der Waals surface area contributed by atoms with E-state index in [-0.39, 0.29) is 0 Å². The minimum Gasteiger partial charge on any atom is -0.459 e. The fourth-order valence-corrected chi connectivity index (χ4v) is 0.737. The first-order valence-electron chi connectivity index (χ1n) is 4.27. The van der Waals surface area contributed by atoms with Crippen LogP contribution in [0.3, 0.4) is 0 Å². The summed E-state index contributed by atoms with van der Waals surface area (Å²) in [4.78, 5) is 10.5. The van der Waals surface area contributed by atoms with Crippen molar-refractivity contribution in [3.8, 4) is 23.7 Å². The summed E-state index contributed by atoms with van der Waals surface area (Å²) in [5.41, 5.74) is 0. The first-order chi connectivity index (χ1) is 6.31. The predicted molar refractivity (Wildman–Crippen MR) is 51.7 cm³/mol. The van der Waals surface area contributed by atoms with Crippen molar-refractivity contribution in [3.63, 3.8) is 0 Å². The molecular formula is C11H14O2. The zero-order valence-corrected chi connectivity index (χ0v) is 8.14. The summed E-state index contributed by atoms with van der Waals surface area (Å²) in [5.74, 6) is 10.4. The highest BCUT2D eigenvalue weighted by Gasteiger charge is 1.88. The van der Waals surface area contributed by atoms with Gasteiger partial charge < -0.3 is 4.74 Å². The van der Waals surface area contributed by atoms with Crippen molar-refractivity contribution in [1.82, 2.24) is 0 Å². The third-order valence-corrected chi connectivity index (χ3v) is 1.41. The fraction of sp³-hybridized carbons (Fsp3) is 0.545. The topological polar surface area (TPSA) is 26.3 Å². The Labute approximate surface area is 79.7 Å². The Morgan fingerprint density at radius 1 is 1.23 bits per heavy atom. The van der Waals surface area contributed by atoms with Crippen LogP contribution in [0, 0.1) is 23.7 Å². The molecule has 0 aromatic heterocycles. The second kappa shape index (κ2) is 8.68. The van der Waals surface area contributed by atoms with Gasteiger partial charge in [0.25, 0.3) is 0 Å². The van der Waals surface area contributed by atoms with Crippen molar-refractivity contribution in [2.75, 3.05) is 7.11 Å². The van der Waals surface area contributed by atoms with E-state index in [1.165, 1.54) is 7.11 Å². The molecule has 0 spiro atoms. The number of ether oxygens (including phenoxy) is 1. The van der Waals surface area contributed by atoms with Gasteiger partial charge in [-0.2, -0.15) is 0 Å². The van der Waals surface area contributed by atoms with Gasteiger partial charge in [-0.15, -0.1) is 11.8 Å². The molecule has 0 radical (unpaired) electrons. The summed E-state index contributed by atoms with van der Waals surface area (Å²) >= 11 is 0. The van der Waals surface area contributed by atoms with E-state index in [0.29, 0.717) is 0 Å². The maximum Gasteiger partial charge on any atom is 0.384 e. The number of carbonyl (C=O) groups is 1. The minimum atomic E-state index is -0.464. The van der Waals surface area contributed by atoms with E-state index in [2.05, 4.69) is 28.4 Å². The highest BCUT2D eigenvalue weighted by molar-refractivity contribution is 5.88. The summed E-state index contributed by atoms with van der Waals surface area (Å²) in [7, 11) is 1.33. The Bertz CT molecular complexity index is 257. The Kier molecular flexibility index (Phi) is 7.74.